The van der Waals surface area contributed by atoms with E-state index in [1.54, 1.807) is 6.07 Å². The summed E-state index contributed by atoms with van der Waals surface area (Å²) in [5, 5.41) is 6.37. The van der Waals surface area contributed by atoms with Crippen LogP contribution in [0.2, 0.25) is 5.15 Å². The van der Waals surface area contributed by atoms with Crippen molar-refractivity contribution in [2.24, 2.45) is 0 Å². The molecule has 4 heteroatoms. The summed E-state index contributed by atoms with van der Waals surface area (Å²) in [7, 11) is 0. The van der Waals surface area contributed by atoms with Crippen LogP contribution in [0.5, 0.6) is 0 Å². The van der Waals surface area contributed by atoms with Gasteiger partial charge >= 0.3 is 0 Å². The summed E-state index contributed by atoms with van der Waals surface area (Å²) in [4.78, 5) is 8.01. The number of aryl methyl sites for hydroxylation is 1. The van der Waals surface area contributed by atoms with Gasteiger partial charge in [-0.15, -0.1) is 0 Å². The zero-order valence-corrected chi connectivity index (χ0v) is 12.6. The smallest absolute Gasteiger partial charge is 0.134 e. The van der Waals surface area contributed by atoms with E-state index in [0.29, 0.717) is 5.15 Å². The summed E-state index contributed by atoms with van der Waals surface area (Å²) in [6.07, 6.45) is 2.40. The highest BCUT2D eigenvalue weighted by molar-refractivity contribution is 6.29. The SMILES string of the molecule is Cc1cccc2c(CCNc3cc(Cl)ncn3)cccc12. The molecule has 0 aliphatic heterocycles. The van der Waals surface area contributed by atoms with Gasteiger partial charge in [0.2, 0.25) is 0 Å². The van der Waals surface area contributed by atoms with Gasteiger partial charge in [0, 0.05) is 12.6 Å². The third-order valence-corrected chi connectivity index (χ3v) is 3.77. The molecule has 21 heavy (non-hydrogen) atoms. The second-order valence-corrected chi connectivity index (χ2v) is 5.38. The van der Waals surface area contributed by atoms with E-state index in [0.717, 1.165) is 18.8 Å². The normalized spacial score (nSPS) is 10.8. The van der Waals surface area contributed by atoms with Crippen molar-refractivity contribution in [1.29, 1.82) is 0 Å². The molecule has 106 valence electrons. The quantitative estimate of drug-likeness (QED) is 0.732. The van der Waals surface area contributed by atoms with Crippen LogP contribution in [0.15, 0.2) is 48.8 Å². The molecule has 3 aromatic rings. The Morgan fingerprint density at radius 2 is 1.86 bits per heavy atom. The van der Waals surface area contributed by atoms with Crippen molar-refractivity contribution in [2.45, 2.75) is 13.3 Å². The predicted octanol–water partition coefficient (Wildman–Crippen LogP) is 4.25. The van der Waals surface area contributed by atoms with Gasteiger partial charge in [-0.3, -0.25) is 0 Å². The molecule has 0 saturated heterocycles. The first-order valence-electron chi connectivity index (χ1n) is 6.93. The molecule has 0 spiro atoms. The highest BCUT2D eigenvalue weighted by Crippen LogP contribution is 2.22. The van der Waals surface area contributed by atoms with Gasteiger partial charge in [-0.1, -0.05) is 48.0 Å². The minimum Gasteiger partial charge on any atom is -0.370 e. The molecule has 0 radical (unpaired) electrons. The fraction of sp³-hybridized carbons (Fsp3) is 0.176. The number of nitrogens with one attached hydrogen (secondary N) is 1. The first-order chi connectivity index (χ1) is 10.2. The fourth-order valence-electron chi connectivity index (χ4n) is 2.51. The molecule has 0 aliphatic carbocycles. The molecule has 0 amide bonds. The van der Waals surface area contributed by atoms with Crippen LogP contribution in [-0.2, 0) is 6.42 Å². The topological polar surface area (TPSA) is 37.8 Å². The molecule has 0 atom stereocenters. The molecule has 1 aromatic heterocycles. The maximum atomic E-state index is 5.85. The van der Waals surface area contributed by atoms with E-state index in [9.17, 15) is 0 Å². The van der Waals surface area contributed by atoms with Gasteiger partial charge in [-0.05, 0) is 35.2 Å². The Morgan fingerprint density at radius 3 is 2.71 bits per heavy atom. The third kappa shape index (κ3) is 3.14. The number of benzene rings is 2. The van der Waals surface area contributed by atoms with E-state index in [2.05, 4.69) is 58.6 Å². The molecule has 2 aromatic carbocycles. The lowest BCUT2D eigenvalue weighted by Crippen LogP contribution is -2.06. The van der Waals surface area contributed by atoms with Crippen molar-refractivity contribution in [1.82, 2.24) is 9.97 Å². The average molecular weight is 298 g/mol. The van der Waals surface area contributed by atoms with Gasteiger partial charge in [-0.2, -0.15) is 0 Å². The minimum absolute atomic E-state index is 0.452. The van der Waals surface area contributed by atoms with E-state index >= 15 is 0 Å². The van der Waals surface area contributed by atoms with Crippen LogP contribution in [0, 0.1) is 6.92 Å². The van der Waals surface area contributed by atoms with Crippen molar-refractivity contribution in [3.8, 4) is 0 Å². The van der Waals surface area contributed by atoms with Gasteiger partial charge < -0.3 is 5.32 Å². The molecule has 0 aliphatic rings. The number of hydrogen-bond acceptors (Lipinski definition) is 3. The van der Waals surface area contributed by atoms with Crippen molar-refractivity contribution in [2.75, 3.05) is 11.9 Å². The number of halogens is 1. The monoisotopic (exact) mass is 297 g/mol. The highest BCUT2D eigenvalue weighted by Gasteiger charge is 2.03. The number of hydrogen-bond donors (Lipinski definition) is 1. The van der Waals surface area contributed by atoms with Crippen LogP contribution in [0.3, 0.4) is 0 Å². The Morgan fingerprint density at radius 1 is 1.05 bits per heavy atom. The van der Waals surface area contributed by atoms with E-state index in [4.69, 9.17) is 11.6 Å². The van der Waals surface area contributed by atoms with Gasteiger partial charge in [-0.25, -0.2) is 9.97 Å². The lowest BCUT2D eigenvalue weighted by Gasteiger charge is -2.09. The summed E-state index contributed by atoms with van der Waals surface area (Å²) >= 11 is 5.85. The minimum atomic E-state index is 0.452. The van der Waals surface area contributed by atoms with Crippen LogP contribution in [-0.4, -0.2) is 16.5 Å². The molecular weight excluding hydrogens is 282 g/mol. The van der Waals surface area contributed by atoms with E-state index in [-0.39, 0.29) is 0 Å². The maximum Gasteiger partial charge on any atom is 0.134 e. The van der Waals surface area contributed by atoms with Crippen LogP contribution in [0.1, 0.15) is 11.1 Å². The Labute approximate surface area is 129 Å². The molecule has 0 unspecified atom stereocenters. The first-order valence-corrected chi connectivity index (χ1v) is 7.30. The Hall–Kier alpha value is -2.13. The van der Waals surface area contributed by atoms with Crippen LogP contribution in [0.25, 0.3) is 10.8 Å². The lowest BCUT2D eigenvalue weighted by atomic mass is 9.99. The molecule has 0 fully saturated rings. The average Bonchev–Trinajstić information content (AvgIpc) is 2.48. The van der Waals surface area contributed by atoms with Gasteiger partial charge in [0.1, 0.15) is 17.3 Å². The molecule has 0 bridgehead atoms. The second kappa shape index (κ2) is 6.10. The number of anilines is 1. The van der Waals surface area contributed by atoms with E-state index < -0.39 is 0 Å². The summed E-state index contributed by atoms with van der Waals surface area (Å²) in [6, 6.07) is 14.6. The number of nitrogens with zero attached hydrogens (tertiary/aromatic N) is 2. The van der Waals surface area contributed by atoms with Crippen LogP contribution in [0.4, 0.5) is 5.82 Å². The zero-order chi connectivity index (χ0) is 14.7. The Balaban J connectivity index is 1.75. The number of rotatable bonds is 4. The van der Waals surface area contributed by atoms with Gasteiger partial charge in [0.15, 0.2) is 0 Å². The third-order valence-electron chi connectivity index (χ3n) is 3.56. The molecule has 0 saturated carbocycles. The molecule has 1 N–H and O–H groups in total. The molecule has 3 nitrogen and oxygen atoms in total. The van der Waals surface area contributed by atoms with Crippen LogP contribution < -0.4 is 5.32 Å². The Kier molecular flexibility index (Phi) is 4.02. The molecule has 3 rings (SSSR count). The Bertz CT molecular complexity index is 771. The first kappa shape index (κ1) is 13.8. The van der Waals surface area contributed by atoms with Crippen LogP contribution >= 0.6 is 11.6 Å². The maximum absolute atomic E-state index is 5.85. The highest BCUT2D eigenvalue weighted by atomic mass is 35.5. The number of fused-ring (bicyclic) bond motifs is 1. The summed E-state index contributed by atoms with van der Waals surface area (Å²) in [5.74, 6) is 0.756. The summed E-state index contributed by atoms with van der Waals surface area (Å²) < 4.78 is 0. The van der Waals surface area contributed by atoms with Crippen molar-refractivity contribution in [3.63, 3.8) is 0 Å². The molecular formula is C17H16ClN3. The summed E-state index contributed by atoms with van der Waals surface area (Å²) in [5.41, 5.74) is 2.65. The largest absolute Gasteiger partial charge is 0.370 e. The van der Waals surface area contributed by atoms with Gasteiger partial charge in [0.05, 0.1) is 0 Å². The van der Waals surface area contributed by atoms with Gasteiger partial charge in [0.25, 0.3) is 0 Å². The van der Waals surface area contributed by atoms with Crippen molar-refractivity contribution in [3.05, 3.63) is 65.1 Å². The van der Waals surface area contributed by atoms with Crippen molar-refractivity contribution >= 4 is 28.2 Å². The van der Waals surface area contributed by atoms with Crippen molar-refractivity contribution < 1.29 is 0 Å². The predicted molar refractivity (Wildman–Crippen MR) is 87.9 cm³/mol. The fourth-order valence-corrected chi connectivity index (χ4v) is 2.65. The molecule has 1 heterocycles. The number of aromatic nitrogens is 2. The zero-order valence-electron chi connectivity index (χ0n) is 11.8. The summed E-state index contributed by atoms with van der Waals surface area (Å²) in [6.45, 7) is 2.95. The standard InChI is InChI=1S/C17H16ClN3/c1-12-4-2-7-15-13(5-3-6-14(12)15)8-9-19-17-10-16(18)20-11-21-17/h2-7,10-11H,8-9H2,1H3,(H,19,20,21). The van der Waals surface area contributed by atoms with E-state index in [1.807, 2.05) is 0 Å². The lowest BCUT2D eigenvalue weighted by molar-refractivity contribution is 1.01. The second-order valence-electron chi connectivity index (χ2n) is 4.99. The van der Waals surface area contributed by atoms with E-state index in [1.165, 1.54) is 28.2 Å².